The molecule has 0 bridgehead atoms. The fourth-order valence-electron chi connectivity index (χ4n) is 2.81. The largest absolute Gasteiger partial charge is 0.497 e. The molecule has 0 saturated carbocycles. The molecule has 1 aromatic rings. The third-order valence-electron chi connectivity index (χ3n) is 4.34. The summed E-state index contributed by atoms with van der Waals surface area (Å²) in [6.45, 7) is 6.90. The molecule has 2 rings (SSSR count). The number of carbonyl (C=O) groups excluding carboxylic acids is 2. The summed E-state index contributed by atoms with van der Waals surface area (Å²) in [6.07, 6.45) is 4.93. The SMILES string of the molecule is C=CCNC(=O)CN1CCN(C(=O)C=Cc2cc(OC)ccc2OC)CC1. The summed E-state index contributed by atoms with van der Waals surface area (Å²) in [5.41, 5.74) is 0.780. The maximum absolute atomic E-state index is 12.5. The Hall–Kier alpha value is -2.80. The molecule has 7 heteroatoms. The topological polar surface area (TPSA) is 71.1 Å². The summed E-state index contributed by atoms with van der Waals surface area (Å²) in [5, 5.41) is 2.76. The maximum atomic E-state index is 12.5. The Morgan fingerprint density at radius 1 is 1.19 bits per heavy atom. The number of amides is 2. The number of carbonyl (C=O) groups is 2. The van der Waals surface area contributed by atoms with E-state index in [9.17, 15) is 9.59 Å². The first-order valence-corrected chi connectivity index (χ1v) is 8.86. The van der Waals surface area contributed by atoms with Crippen molar-refractivity contribution in [2.45, 2.75) is 0 Å². The van der Waals surface area contributed by atoms with Crippen LogP contribution in [0.1, 0.15) is 5.56 Å². The molecule has 1 aromatic carbocycles. The molecule has 0 aromatic heterocycles. The molecule has 0 unspecified atom stereocenters. The third kappa shape index (κ3) is 6.14. The minimum absolute atomic E-state index is 0.0281. The Labute approximate surface area is 160 Å². The first-order valence-electron chi connectivity index (χ1n) is 8.86. The molecule has 1 aliphatic rings. The monoisotopic (exact) mass is 373 g/mol. The lowest BCUT2D eigenvalue weighted by atomic mass is 10.1. The molecule has 0 radical (unpaired) electrons. The molecule has 1 saturated heterocycles. The molecule has 2 amide bonds. The van der Waals surface area contributed by atoms with Gasteiger partial charge in [-0.05, 0) is 24.3 Å². The van der Waals surface area contributed by atoms with Gasteiger partial charge in [-0.2, -0.15) is 0 Å². The molecule has 27 heavy (non-hydrogen) atoms. The van der Waals surface area contributed by atoms with Crippen LogP contribution in [0.4, 0.5) is 0 Å². The van der Waals surface area contributed by atoms with Crippen molar-refractivity contribution >= 4 is 17.9 Å². The molecular formula is C20H27N3O4. The minimum Gasteiger partial charge on any atom is -0.497 e. The molecule has 0 spiro atoms. The van der Waals surface area contributed by atoms with Crippen molar-refractivity contribution in [3.05, 3.63) is 42.5 Å². The van der Waals surface area contributed by atoms with Gasteiger partial charge in [-0.1, -0.05) is 6.08 Å². The van der Waals surface area contributed by atoms with Gasteiger partial charge in [0.05, 0.1) is 20.8 Å². The number of methoxy groups -OCH3 is 2. The number of piperazine rings is 1. The Morgan fingerprint density at radius 3 is 2.56 bits per heavy atom. The zero-order valence-electron chi connectivity index (χ0n) is 15.9. The maximum Gasteiger partial charge on any atom is 0.246 e. The Kier molecular flexibility index (Phi) is 7.88. The summed E-state index contributed by atoms with van der Waals surface area (Å²) >= 11 is 0. The van der Waals surface area contributed by atoms with Crippen LogP contribution >= 0.6 is 0 Å². The number of hydrogen-bond acceptors (Lipinski definition) is 5. The van der Waals surface area contributed by atoms with Gasteiger partial charge in [0.2, 0.25) is 11.8 Å². The molecule has 7 nitrogen and oxygen atoms in total. The van der Waals surface area contributed by atoms with Crippen molar-refractivity contribution in [1.29, 1.82) is 0 Å². The van der Waals surface area contributed by atoms with Crippen LogP contribution in [0.15, 0.2) is 36.9 Å². The number of rotatable bonds is 8. The second kappa shape index (κ2) is 10.4. The van der Waals surface area contributed by atoms with Gasteiger partial charge in [0.1, 0.15) is 11.5 Å². The van der Waals surface area contributed by atoms with Gasteiger partial charge >= 0.3 is 0 Å². The van der Waals surface area contributed by atoms with Gasteiger partial charge in [-0.15, -0.1) is 6.58 Å². The van der Waals surface area contributed by atoms with Gasteiger partial charge in [-0.25, -0.2) is 0 Å². The van der Waals surface area contributed by atoms with Crippen LogP contribution in [0.5, 0.6) is 11.5 Å². The lowest BCUT2D eigenvalue weighted by Gasteiger charge is -2.33. The summed E-state index contributed by atoms with van der Waals surface area (Å²) in [7, 11) is 3.18. The quantitative estimate of drug-likeness (QED) is 0.547. The Morgan fingerprint density at radius 2 is 1.93 bits per heavy atom. The fourth-order valence-corrected chi connectivity index (χ4v) is 2.81. The highest BCUT2D eigenvalue weighted by Gasteiger charge is 2.21. The van der Waals surface area contributed by atoms with E-state index in [1.165, 1.54) is 0 Å². The van der Waals surface area contributed by atoms with E-state index in [0.29, 0.717) is 50.8 Å². The second-order valence-electron chi connectivity index (χ2n) is 6.14. The minimum atomic E-state index is -0.0596. The normalized spacial score (nSPS) is 14.8. The molecule has 0 atom stereocenters. The second-order valence-corrected chi connectivity index (χ2v) is 6.14. The lowest BCUT2D eigenvalue weighted by molar-refractivity contribution is -0.128. The first-order chi connectivity index (χ1) is 13.1. The van der Waals surface area contributed by atoms with Crippen molar-refractivity contribution in [3.63, 3.8) is 0 Å². The van der Waals surface area contributed by atoms with Crippen molar-refractivity contribution in [3.8, 4) is 11.5 Å². The number of nitrogens with one attached hydrogen (secondary N) is 1. The summed E-state index contributed by atoms with van der Waals surface area (Å²) < 4.78 is 10.5. The third-order valence-corrected chi connectivity index (χ3v) is 4.34. The van der Waals surface area contributed by atoms with Crippen LogP contribution < -0.4 is 14.8 Å². The van der Waals surface area contributed by atoms with Crippen molar-refractivity contribution in [2.24, 2.45) is 0 Å². The molecule has 0 aliphatic carbocycles. The van der Waals surface area contributed by atoms with Crippen LogP contribution in [0, 0.1) is 0 Å². The molecule has 1 aliphatic heterocycles. The van der Waals surface area contributed by atoms with E-state index in [-0.39, 0.29) is 11.8 Å². The molecule has 146 valence electrons. The standard InChI is InChI=1S/C20H27N3O4/c1-4-9-21-19(24)15-22-10-12-23(13-11-22)20(25)8-5-16-14-17(26-2)6-7-18(16)27-3/h4-8,14H,1,9-13,15H2,2-3H3,(H,21,24). The van der Waals surface area contributed by atoms with E-state index in [1.807, 2.05) is 17.0 Å². The van der Waals surface area contributed by atoms with Crippen LogP contribution in [0.2, 0.25) is 0 Å². The van der Waals surface area contributed by atoms with Gasteiger partial charge in [0.25, 0.3) is 0 Å². The van der Waals surface area contributed by atoms with Crippen LogP contribution in [0.25, 0.3) is 6.08 Å². The smallest absolute Gasteiger partial charge is 0.246 e. The lowest BCUT2D eigenvalue weighted by Crippen LogP contribution is -2.50. The van der Waals surface area contributed by atoms with Gasteiger partial charge in [0.15, 0.2) is 0 Å². The highest BCUT2D eigenvalue weighted by Crippen LogP contribution is 2.25. The van der Waals surface area contributed by atoms with Gasteiger partial charge < -0.3 is 19.7 Å². The van der Waals surface area contributed by atoms with E-state index in [4.69, 9.17) is 9.47 Å². The number of benzene rings is 1. The predicted molar refractivity (Wildman–Crippen MR) is 105 cm³/mol. The van der Waals surface area contributed by atoms with Crippen LogP contribution in [-0.2, 0) is 9.59 Å². The summed E-state index contributed by atoms with van der Waals surface area (Å²) in [5.74, 6) is 1.29. The molecule has 1 fully saturated rings. The van der Waals surface area contributed by atoms with Crippen LogP contribution in [0.3, 0.4) is 0 Å². The summed E-state index contributed by atoms with van der Waals surface area (Å²) in [6, 6.07) is 5.43. The molecular weight excluding hydrogens is 346 g/mol. The highest BCUT2D eigenvalue weighted by atomic mass is 16.5. The molecule has 1 heterocycles. The van der Waals surface area contributed by atoms with E-state index >= 15 is 0 Å². The van der Waals surface area contributed by atoms with Crippen molar-refractivity contribution in [1.82, 2.24) is 15.1 Å². The van der Waals surface area contributed by atoms with E-state index in [0.717, 1.165) is 5.56 Å². The number of nitrogens with zero attached hydrogens (tertiary/aromatic N) is 2. The number of ether oxygens (including phenoxy) is 2. The zero-order valence-corrected chi connectivity index (χ0v) is 15.9. The van der Waals surface area contributed by atoms with E-state index < -0.39 is 0 Å². The predicted octanol–water partition coefficient (Wildman–Crippen LogP) is 1.16. The Balaban J connectivity index is 1.88. The Bertz CT molecular complexity index is 694. The van der Waals surface area contributed by atoms with E-state index in [2.05, 4.69) is 11.9 Å². The number of hydrogen-bond donors (Lipinski definition) is 1. The average molecular weight is 373 g/mol. The zero-order chi connectivity index (χ0) is 19.6. The van der Waals surface area contributed by atoms with Gasteiger partial charge in [0, 0.05) is 44.4 Å². The van der Waals surface area contributed by atoms with Crippen molar-refractivity contribution in [2.75, 3.05) is 53.5 Å². The van der Waals surface area contributed by atoms with Crippen molar-refractivity contribution < 1.29 is 19.1 Å². The fraction of sp³-hybridized carbons (Fsp3) is 0.400. The van der Waals surface area contributed by atoms with Gasteiger partial charge in [-0.3, -0.25) is 14.5 Å². The summed E-state index contributed by atoms with van der Waals surface area (Å²) in [4.78, 5) is 28.0. The first kappa shape index (κ1) is 20.5. The highest BCUT2D eigenvalue weighted by molar-refractivity contribution is 5.92. The van der Waals surface area contributed by atoms with E-state index in [1.54, 1.807) is 43.4 Å². The average Bonchev–Trinajstić information content (AvgIpc) is 2.70. The van der Waals surface area contributed by atoms with Crippen LogP contribution in [-0.4, -0.2) is 75.1 Å². The molecule has 1 N–H and O–H groups in total.